The monoisotopic (exact) mass is 405 g/mol. The van der Waals surface area contributed by atoms with Crippen molar-refractivity contribution in [3.63, 3.8) is 0 Å². The van der Waals surface area contributed by atoms with Crippen LogP contribution in [-0.4, -0.2) is 60.0 Å². The van der Waals surface area contributed by atoms with Crippen LogP contribution >= 0.6 is 0 Å². The van der Waals surface area contributed by atoms with Crippen molar-refractivity contribution < 1.29 is 23.5 Å². The summed E-state index contributed by atoms with van der Waals surface area (Å²) in [5.41, 5.74) is 0.452. The predicted octanol–water partition coefficient (Wildman–Crippen LogP) is 2.30. The van der Waals surface area contributed by atoms with E-state index < -0.39 is 0 Å². The maximum absolute atomic E-state index is 13.9. The van der Waals surface area contributed by atoms with Gasteiger partial charge >= 0.3 is 6.09 Å². The number of ether oxygens (including phenoxy) is 1. The summed E-state index contributed by atoms with van der Waals surface area (Å²) < 4.78 is 18.9. The first-order valence-corrected chi connectivity index (χ1v) is 10.2. The van der Waals surface area contributed by atoms with Gasteiger partial charge in [-0.3, -0.25) is 9.59 Å². The molecule has 0 bridgehead atoms. The Balaban J connectivity index is 1.50. The van der Waals surface area contributed by atoms with Crippen molar-refractivity contribution in [1.29, 1.82) is 0 Å². The van der Waals surface area contributed by atoms with E-state index in [1.54, 1.807) is 34.9 Å². The third kappa shape index (κ3) is 5.46. The quantitative estimate of drug-likeness (QED) is 0.815. The molecule has 0 spiro atoms. The zero-order valence-electron chi connectivity index (χ0n) is 16.7. The molecule has 3 amide bonds. The largest absolute Gasteiger partial charge is 0.450 e. The minimum atomic E-state index is -0.347. The molecule has 2 aliphatic rings. The van der Waals surface area contributed by atoms with E-state index in [0.29, 0.717) is 51.1 Å². The fourth-order valence-electron chi connectivity index (χ4n) is 3.85. The highest BCUT2D eigenvalue weighted by Gasteiger charge is 2.32. The number of halogens is 1. The van der Waals surface area contributed by atoms with E-state index in [-0.39, 0.29) is 48.7 Å². The molecule has 0 unspecified atom stereocenters. The van der Waals surface area contributed by atoms with Crippen molar-refractivity contribution >= 4 is 17.9 Å². The number of piperidine rings is 2. The topological polar surface area (TPSA) is 79.0 Å². The second-order valence-corrected chi connectivity index (χ2v) is 7.57. The molecule has 7 nitrogen and oxygen atoms in total. The van der Waals surface area contributed by atoms with Gasteiger partial charge in [0.25, 0.3) is 0 Å². The first kappa shape index (κ1) is 21.1. The van der Waals surface area contributed by atoms with E-state index in [9.17, 15) is 18.8 Å². The van der Waals surface area contributed by atoms with Gasteiger partial charge in [-0.1, -0.05) is 18.2 Å². The summed E-state index contributed by atoms with van der Waals surface area (Å²) in [6.07, 6.45) is 1.82. The molecule has 1 atom stereocenters. The van der Waals surface area contributed by atoms with Crippen LogP contribution in [0.5, 0.6) is 0 Å². The number of amides is 3. The molecule has 3 rings (SSSR count). The second kappa shape index (κ2) is 9.71. The molecule has 158 valence electrons. The van der Waals surface area contributed by atoms with Crippen molar-refractivity contribution in [2.24, 2.45) is 5.92 Å². The molecule has 29 heavy (non-hydrogen) atoms. The molecule has 0 radical (unpaired) electrons. The number of hydrogen-bond donors (Lipinski definition) is 1. The molecule has 0 aliphatic carbocycles. The summed E-state index contributed by atoms with van der Waals surface area (Å²) in [4.78, 5) is 40.0. The van der Waals surface area contributed by atoms with Gasteiger partial charge in [0.05, 0.1) is 12.5 Å². The molecular formula is C21H28FN3O4. The minimum absolute atomic E-state index is 0.00539. The molecule has 1 N–H and O–H groups in total. The van der Waals surface area contributed by atoms with Crippen LogP contribution < -0.4 is 5.32 Å². The summed E-state index contributed by atoms with van der Waals surface area (Å²) in [7, 11) is 0. The highest BCUT2D eigenvalue weighted by atomic mass is 19.1. The van der Waals surface area contributed by atoms with Gasteiger partial charge in [-0.2, -0.15) is 0 Å². The third-order valence-corrected chi connectivity index (χ3v) is 5.56. The van der Waals surface area contributed by atoms with Crippen molar-refractivity contribution in [2.45, 2.75) is 45.2 Å². The van der Waals surface area contributed by atoms with Crippen LogP contribution in [0.4, 0.5) is 9.18 Å². The van der Waals surface area contributed by atoms with Crippen molar-refractivity contribution in [1.82, 2.24) is 15.1 Å². The zero-order valence-corrected chi connectivity index (χ0v) is 16.7. The van der Waals surface area contributed by atoms with Crippen LogP contribution in [0.1, 0.15) is 38.2 Å². The average Bonchev–Trinajstić information content (AvgIpc) is 2.72. The maximum Gasteiger partial charge on any atom is 0.409 e. The van der Waals surface area contributed by atoms with Crippen molar-refractivity contribution in [3.8, 4) is 0 Å². The Morgan fingerprint density at radius 1 is 1.21 bits per heavy atom. The smallest absolute Gasteiger partial charge is 0.409 e. The van der Waals surface area contributed by atoms with E-state index in [4.69, 9.17) is 4.74 Å². The molecule has 1 aromatic carbocycles. The normalized spacial score (nSPS) is 20.5. The molecule has 2 aliphatic heterocycles. The number of carbonyl (C=O) groups is 3. The Kier molecular flexibility index (Phi) is 7.06. The van der Waals surface area contributed by atoms with Gasteiger partial charge in [-0.25, -0.2) is 9.18 Å². The summed E-state index contributed by atoms with van der Waals surface area (Å²) in [5.74, 6) is -0.784. The fraction of sp³-hybridized carbons (Fsp3) is 0.571. The second-order valence-electron chi connectivity index (χ2n) is 7.57. The number of nitrogens with zero attached hydrogens (tertiary/aromatic N) is 2. The summed E-state index contributed by atoms with van der Waals surface area (Å²) in [5, 5.41) is 3.06. The van der Waals surface area contributed by atoms with E-state index in [0.717, 1.165) is 0 Å². The van der Waals surface area contributed by atoms with Crippen molar-refractivity contribution in [2.75, 3.05) is 26.2 Å². The molecule has 0 saturated carbocycles. The SMILES string of the molecule is CCOC(=O)N1CCC(NC(=O)[C@@H]2CCC(=O)N(Cc3ccccc3F)C2)CC1. The van der Waals surface area contributed by atoms with Gasteiger partial charge in [-0.05, 0) is 32.3 Å². The lowest BCUT2D eigenvalue weighted by Crippen LogP contribution is -2.51. The van der Waals surface area contributed by atoms with Gasteiger partial charge in [0.15, 0.2) is 0 Å². The maximum atomic E-state index is 13.9. The van der Waals surface area contributed by atoms with Crippen LogP contribution in [0.3, 0.4) is 0 Å². The average molecular weight is 405 g/mol. The van der Waals surface area contributed by atoms with Crippen LogP contribution in [0.25, 0.3) is 0 Å². The van der Waals surface area contributed by atoms with Crippen LogP contribution in [-0.2, 0) is 20.9 Å². The molecule has 2 fully saturated rings. The van der Waals surface area contributed by atoms with E-state index in [1.807, 2.05) is 0 Å². The van der Waals surface area contributed by atoms with E-state index in [1.165, 1.54) is 6.07 Å². The Labute approximate surface area is 170 Å². The Bertz CT molecular complexity index is 749. The third-order valence-electron chi connectivity index (χ3n) is 5.56. The van der Waals surface area contributed by atoms with Gasteiger partial charge in [-0.15, -0.1) is 0 Å². The summed E-state index contributed by atoms with van der Waals surface area (Å²) >= 11 is 0. The molecule has 1 aromatic rings. The van der Waals surface area contributed by atoms with Gasteiger partial charge in [0.1, 0.15) is 5.82 Å². The molecule has 2 heterocycles. The highest BCUT2D eigenvalue weighted by Crippen LogP contribution is 2.22. The molecule has 2 saturated heterocycles. The van der Waals surface area contributed by atoms with E-state index >= 15 is 0 Å². The van der Waals surface area contributed by atoms with Crippen LogP contribution in [0.2, 0.25) is 0 Å². The fourth-order valence-corrected chi connectivity index (χ4v) is 3.85. The van der Waals surface area contributed by atoms with E-state index in [2.05, 4.69) is 5.32 Å². The van der Waals surface area contributed by atoms with Gasteiger partial charge in [0, 0.05) is 44.2 Å². The number of nitrogens with one attached hydrogen (secondary N) is 1. The van der Waals surface area contributed by atoms with Crippen molar-refractivity contribution in [3.05, 3.63) is 35.6 Å². The first-order valence-electron chi connectivity index (χ1n) is 10.2. The number of benzene rings is 1. The number of likely N-dealkylation sites (tertiary alicyclic amines) is 2. The number of hydrogen-bond acceptors (Lipinski definition) is 4. The Morgan fingerprint density at radius 3 is 2.62 bits per heavy atom. The first-order chi connectivity index (χ1) is 14.0. The highest BCUT2D eigenvalue weighted by molar-refractivity contribution is 5.84. The van der Waals surface area contributed by atoms with Crippen LogP contribution in [0, 0.1) is 11.7 Å². The molecule has 8 heteroatoms. The lowest BCUT2D eigenvalue weighted by atomic mass is 9.95. The summed E-state index contributed by atoms with van der Waals surface area (Å²) in [6, 6.07) is 6.38. The molecule has 0 aromatic heterocycles. The standard InChI is InChI=1S/C21H28FN3O4/c1-2-29-21(28)24-11-9-17(10-12-24)23-20(27)16-7-8-19(26)25(14-16)13-15-5-3-4-6-18(15)22/h3-6,16-17H,2,7-14H2,1H3,(H,23,27)/t16-/m1/s1. The van der Waals surface area contributed by atoms with Gasteiger partial charge in [0.2, 0.25) is 11.8 Å². The Hall–Kier alpha value is -2.64. The zero-order chi connectivity index (χ0) is 20.8. The lowest BCUT2D eigenvalue weighted by molar-refractivity contribution is -0.139. The minimum Gasteiger partial charge on any atom is -0.450 e. The van der Waals surface area contributed by atoms with Gasteiger partial charge < -0.3 is 19.9 Å². The predicted molar refractivity (Wildman–Crippen MR) is 104 cm³/mol. The Morgan fingerprint density at radius 2 is 1.93 bits per heavy atom. The number of rotatable bonds is 5. The summed E-state index contributed by atoms with van der Waals surface area (Å²) in [6.45, 7) is 3.68. The molecular weight excluding hydrogens is 377 g/mol. The lowest BCUT2D eigenvalue weighted by Gasteiger charge is -2.35. The van der Waals surface area contributed by atoms with Crippen LogP contribution in [0.15, 0.2) is 24.3 Å². The number of carbonyl (C=O) groups excluding carboxylic acids is 3.